The Morgan fingerprint density at radius 2 is 2.00 bits per heavy atom. The Morgan fingerprint density at radius 3 is 2.64 bits per heavy atom. The Labute approximate surface area is 147 Å². The zero-order chi connectivity index (χ0) is 18.0. The van der Waals surface area contributed by atoms with E-state index in [1.807, 2.05) is 0 Å². The number of carboxylic acid groups (broad SMARTS) is 1. The first-order valence-electron chi connectivity index (χ1n) is 7.14. The number of nitrogens with zero attached hydrogens (tertiary/aromatic N) is 2. The number of halogens is 1. The van der Waals surface area contributed by atoms with Crippen molar-refractivity contribution in [2.75, 3.05) is 6.61 Å². The molecule has 0 aliphatic heterocycles. The van der Waals surface area contributed by atoms with E-state index in [1.54, 1.807) is 42.5 Å². The van der Waals surface area contributed by atoms with Crippen LogP contribution in [0.3, 0.4) is 0 Å². The molecule has 0 amide bonds. The fourth-order valence-corrected chi connectivity index (χ4v) is 2.53. The fraction of sp³-hybridized carbons (Fsp3) is 0.0556. The molecule has 3 aromatic rings. The summed E-state index contributed by atoms with van der Waals surface area (Å²) in [5.74, 6) is 1.09. The lowest BCUT2D eigenvalue weighted by molar-refractivity contribution is 0.0687. The third-order valence-corrected chi connectivity index (χ3v) is 3.71. The number of carboxylic acids is 1. The van der Waals surface area contributed by atoms with Gasteiger partial charge in [0.15, 0.2) is 0 Å². The summed E-state index contributed by atoms with van der Waals surface area (Å²) in [5.41, 5.74) is -0.405. The van der Waals surface area contributed by atoms with Crippen molar-refractivity contribution in [3.63, 3.8) is 0 Å². The van der Waals surface area contributed by atoms with Crippen LogP contribution in [-0.2, 0) is 0 Å². The van der Waals surface area contributed by atoms with Crippen molar-refractivity contribution in [3.8, 4) is 23.8 Å². The van der Waals surface area contributed by atoms with Crippen LogP contribution >= 0.6 is 11.6 Å². The maximum absolute atomic E-state index is 12.6. The van der Waals surface area contributed by atoms with Crippen molar-refractivity contribution < 1.29 is 14.6 Å². The highest BCUT2D eigenvalue weighted by Gasteiger charge is 2.20. The first-order chi connectivity index (χ1) is 12.0. The average molecular weight is 355 g/mol. The number of hydrogen-bond donors (Lipinski definition) is 1. The van der Waals surface area contributed by atoms with E-state index in [0.29, 0.717) is 16.2 Å². The predicted octanol–water partition coefficient (Wildman–Crippen LogP) is 2.75. The molecular weight excluding hydrogens is 344 g/mol. The molecule has 1 heterocycles. The molecule has 25 heavy (non-hydrogen) atoms. The van der Waals surface area contributed by atoms with Crippen molar-refractivity contribution >= 4 is 28.5 Å². The summed E-state index contributed by atoms with van der Waals surface area (Å²) in [7, 11) is 0. The standard InChI is InChI=1S/C18H11ClN2O4/c1-2-10-25-14-5-3-4-13-15(14)17(22)16(18(23)24)20-21(13)12-8-6-11(19)7-9-12/h1,3-9H,10H2,(H,23,24). The molecule has 0 bridgehead atoms. The quantitative estimate of drug-likeness (QED) is 0.728. The Bertz CT molecular complexity index is 1070. The van der Waals surface area contributed by atoms with E-state index in [4.69, 9.17) is 22.8 Å². The van der Waals surface area contributed by atoms with Crippen LogP contribution < -0.4 is 10.2 Å². The van der Waals surface area contributed by atoms with Crippen LogP contribution in [0.15, 0.2) is 47.3 Å². The lowest BCUT2D eigenvalue weighted by Crippen LogP contribution is -2.23. The van der Waals surface area contributed by atoms with E-state index in [-0.39, 0.29) is 17.7 Å². The lowest BCUT2D eigenvalue weighted by Gasteiger charge is -2.13. The Balaban J connectivity index is 2.39. The van der Waals surface area contributed by atoms with Gasteiger partial charge in [0.2, 0.25) is 11.1 Å². The molecule has 6 nitrogen and oxygen atoms in total. The first kappa shape index (κ1) is 16.6. The van der Waals surface area contributed by atoms with Gasteiger partial charge in [-0.25, -0.2) is 9.48 Å². The van der Waals surface area contributed by atoms with E-state index in [1.165, 1.54) is 4.68 Å². The van der Waals surface area contributed by atoms with Gasteiger partial charge in [-0.05, 0) is 36.4 Å². The van der Waals surface area contributed by atoms with Gasteiger partial charge in [-0.3, -0.25) is 4.79 Å². The second-order valence-electron chi connectivity index (χ2n) is 5.01. The Kier molecular flexibility index (Phi) is 4.42. The molecule has 0 aliphatic carbocycles. The van der Waals surface area contributed by atoms with Gasteiger partial charge in [-0.15, -0.1) is 6.42 Å². The zero-order valence-corrected chi connectivity index (χ0v) is 13.5. The molecule has 0 saturated heterocycles. The van der Waals surface area contributed by atoms with E-state index >= 15 is 0 Å². The monoisotopic (exact) mass is 354 g/mol. The van der Waals surface area contributed by atoms with Crippen molar-refractivity contribution in [3.05, 3.63) is 63.4 Å². The highest BCUT2D eigenvalue weighted by molar-refractivity contribution is 6.30. The topological polar surface area (TPSA) is 81.4 Å². The minimum Gasteiger partial charge on any atom is -0.480 e. The van der Waals surface area contributed by atoms with Gasteiger partial charge < -0.3 is 9.84 Å². The van der Waals surface area contributed by atoms with E-state index in [2.05, 4.69) is 11.0 Å². The van der Waals surface area contributed by atoms with E-state index in [0.717, 1.165) is 0 Å². The van der Waals surface area contributed by atoms with Crippen LogP contribution in [-0.4, -0.2) is 27.5 Å². The Hall–Kier alpha value is -3.30. The number of aromatic carboxylic acids is 1. The minimum absolute atomic E-state index is 0.0514. The number of hydrogen-bond acceptors (Lipinski definition) is 4. The molecule has 7 heteroatoms. The number of benzene rings is 2. The molecule has 0 radical (unpaired) electrons. The molecule has 0 spiro atoms. The molecule has 0 atom stereocenters. The maximum Gasteiger partial charge on any atom is 0.360 e. The molecule has 0 unspecified atom stereocenters. The summed E-state index contributed by atoms with van der Waals surface area (Å²) in [6, 6.07) is 11.5. The molecule has 3 rings (SSSR count). The fourth-order valence-electron chi connectivity index (χ4n) is 2.40. The summed E-state index contributed by atoms with van der Waals surface area (Å²) in [6.45, 7) is -0.0514. The van der Waals surface area contributed by atoms with Gasteiger partial charge in [-0.2, -0.15) is 5.10 Å². The highest BCUT2D eigenvalue weighted by Crippen LogP contribution is 2.25. The van der Waals surface area contributed by atoms with Gasteiger partial charge in [0.25, 0.3) is 0 Å². The van der Waals surface area contributed by atoms with Crippen molar-refractivity contribution in [1.82, 2.24) is 9.78 Å². The van der Waals surface area contributed by atoms with Crippen molar-refractivity contribution in [1.29, 1.82) is 0 Å². The second-order valence-corrected chi connectivity index (χ2v) is 5.45. The van der Waals surface area contributed by atoms with Gasteiger partial charge in [0.05, 0.1) is 16.6 Å². The SMILES string of the molecule is C#CCOc1cccc2c1c(=O)c(C(=O)O)nn2-c1ccc(Cl)cc1. The molecule has 0 fully saturated rings. The van der Waals surface area contributed by atoms with Gasteiger partial charge in [0.1, 0.15) is 12.4 Å². The summed E-state index contributed by atoms with van der Waals surface area (Å²) in [6.07, 6.45) is 5.19. The third kappa shape index (κ3) is 3.05. The number of carbonyl (C=O) groups is 1. The molecule has 124 valence electrons. The first-order valence-corrected chi connectivity index (χ1v) is 7.52. The highest BCUT2D eigenvalue weighted by atomic mass is 35.5. The number of terminal acetylenes is 1. The normalized spacial score (nSPS) is 10.4. The Morgan fingerprint density at radius 1 is 1.28 bits per heavy atom. The molecule has 2 aromatic carbocycles. The minimum atomic E-state index is -1.43. The lowest BCUT2D eigenvalue weighted by atomic mass is 10.1. The summed E-state index contributed by atoms with van der Waals surface area (Å²) >= 11 is 5.89. The second kappa shape index (κ2) is 6.67. The molecular formula is C18H11ClN2O4. The number of ether oxygens (including phenoxy) is 1. The van der Waals surface area contributed by atoms with Crippen LogP contribution in [0.25, 0.3) is 16.6 Å². The van der Waals surface area contributed by atoms with Gasteiger partial charge in [0, 0.05) is 5.02 Å². The van der Waals surface area contributed by atoms with Crippen molar-refractivity contribution in [2.24, 2.45) is 0 Å². The maximum atomic E-state index is 12.6. The smallest absolute Gasteiger partial charge is 0.360 e. The van der Waals surface area contributed by atoms with Crippen LogP contribution in [0, 0.1) is 12.3 Å². The number of fused-ring (bicyclic) bond motifs is 1. The molecule has 0 aliphatic rings. The zero-order valence-electron chi connectivity index (χ0n) is 12.8. The van der Waals surface area contributed by atoms with Crippen molar-refractivity contribution in [2.45, 2.75) is 0 Å². The molecule has 1 N–H and O–H groups in total. The number of rotatable bonds is 4. The average Bonchev–Trinajstić information content (AvgIpc) is 2.61. The summed E-state index contributed by atoms with van der Waals surface area (Å²) in [5, 5.41) is 13.9. The van der Waals surface area contributed by atoms with Crippen LogP contribution in [0.2, 0.25) is 5.02 Å². The number of aromatic nitrogens is 2. The van der Waals surface area contributed by atoms with Gasteiger partial charge >= 0.3 is 5.97 Å². The largest absolute Gasteiger partial charge is 0.480 e. The van der Waals surface area contributed by atoms with Crippen LogP contribution in [0.4, 0.5) is 0 Å². The molecule has 1 aromatic heterocycles. The van der Waals surface area contributed by atoms with E-state index < -0.39 is 17.1 Å². The summed E-state index contributed by atoms with van der Waals surface area (Å²) in [4.78, 5) is 24.0. The molecule has 0 saturated carbocycles. The van der Waals surface area contributed by atoms with E-state index in [9.17, 15) is 14.7 Å². The third-order valence-electron chi connectivity index (χ3n) is 3.46. The predicted molar refractivity (Wildman–Crippen MR) is 93.6 cm³/mol. The van der Waals surface area contributed by atoms with Gasteiger partial charge in [-0.1, -0.05) is 23.6 Å². The summed E-state index contributed by atoms with van der Waals surface area (Å²) < 4.78 is 6.76. The van der Waals surface area contributed by atoms with Crippen LogP contribution in [0.5, 0.6) is 5.75 Å². The van der Waals surface area contributed by atoms with Crippen LogP contribution in [0.1, 0.15) is 10.5 Å².